The standard InChI is InChI=1S/C31H23ClN2O2/c32-27-18-23(30(35)21-28-16-17-33-22-34-28)19-29(20-27)36-31(24-10-4-1-5-11-24,25-12-6-2-7-13-25)26-14-8-3-9-15-26/h1-20,22H,21H2. The summed E-state index contributed by atoms with van der Waals surface area (Å²) in [5.74, 6) is 0.385. The highest BCUT2D eigenvalue weighted by Crippen LogP contribution is 2.41. The van der Waals surface area contributed by atoms with Crippen LogP contribution in [0.25, 0.3) is 0 Å². The molecule has 0 bridgehead atoms. The van der Waals surface area contributed by atoms with Crippen molar-refractivity contribution < 1.29 is 9.53 Å². The predicted octanol–water partition coefficient (Wildman–Crippen LogP) is 6.93. The molecule has 0 spiro atoms. The smallest absolute Gasteiger partial charge is 0.184 e. The van der Waals surface area contributed by atoms with Crippen molar-refractivity contribution in [2.24, 2.45) is 0 Å². The van der Waals surface area contributed by atoms with Crippen molar-refractivity contribution in [2.45, 2.75) is 12.0 Å². The Morgan fingerprint density at radius 1 is 0.750 bits per heavy atom. The van der Waals surface area contributed by atoms with E-state index in [0.29, 0.717) is 22.0 Å². The first-order chi connectivity index (χ1) is 17.6. The van der Waals surface area contributed by atoms with Crippen LogP contribution in [-0.2, 0) is 12.0 Å². The summed E-state index contributed by atoms with van der Waals surface area (Å²) in [4.78, 5) is 21.2. The van der Waals surface area contributed by atoms with Gasteiger partial charge in [0.2, 0.25) is 0 Å². The van der Waals surface area contributed by atoms with Crippen molar-refractivity contribution in [1.29, 1.82) is 0 Å². The lowest BCUT2D eigenvalue weighted by Gasteiger charge is -2.36. The summed E-state index contributed by atoms with van der Waals surface area (Å²) in [7, 11) is 0. The topological polar surface area (TPSA) is 52.1 Å². The molecule has 5 rings (SSSR count). The molecule has 4 nitrogen and oxygen atoms in total. The molecule has 0 aliphatic heterocycles. The van der Waals surface area contributed by atoms with Gasteiger partial charge in [0.05, 0.1) is 12.1 Å². The number of benzene rings is 4. The molecule has 0 saturated carbocycles. The lowest BCUT2D eigenvalue weighted by molar-refractivity contribution is 0.0990. The minimum atomic E-state index is -0.971. The fourth-order valence-electron chi connectivity index (χ4n) is 4.34. The largest absolute Gasteiger partial charge is 0.473 e. The Bertz CT molecular complexity index is 1350. The van der Waals surface area contributed by atoms with Gasteiger partial charge in [-0.3, -0.25) is 4.79 Å². The minimum absolute atomic E-state index is 0.106. The number of ketones is 1. The van der Waals surface area contributed by atoms with E-state index < -0.39 is 5.60 Å². The molecule has 0 aliphatic carbocycles. The number of halogens is 1. The highest BCUT2D eigenvalue weighted by atomic mass is 35.5. The highest BCUT2D eigenvalue weighted by Gasteiger charge is 2.39. The van der Waals surface area contributed by atoms with E-state index >= 15 is 0 Å². The van der Waals surface area contributed by atoms with Crippen molar-refractivity contribution in [3.05, 3.63) is 161 Å². The number of Topliss-reactive ketones (excluding diaryl/α,β-unsaturated/α-hetero) is 1. The van der Waals surface area contributed by atoms with Gasteiger partial charge in [0.25, 0.3) is 0 Å². The van der Waals surface area contributed by atoms with Gasteiger partial charge >= 0.3 is 0 Å². The summed E-state index contributed by atoms with van der Waals surface area (Å²) in [5.41, 5.74) is 2.99. The van der Waals surface area contributed by atoms with Crippen molar-refractivity contribution in [1.82, 2.24) is 9.97 Å². The van der Waals surface area contributed by atoms with Crippen molar-refractivity contribution in [2.75, 3.05) is 0 Å². The number of aromatic nitrogens is 2. The molecule has 0 radical (unpaired) electrons. The van der Waals surface area contributed by atoms with E-state index in [0.717, 1.165) is 16.7 Å². The molecule has 1 aromatic heterocycles. The SMILES string of the molecule is O=C(Cc1ccncn1)c1cc(Cl)cc(OC(c2ccccc2)(c2ccccc2)c2ccccc2)c1. The average Bonchev–Trinajstić information content (AvgIpc) is 2.93. The van der Waals surface area contributed by atoms with Gasteiger partial charge in [-0.05, 0) is 24.3 Å². The van der Waals surface area contributed by atoms with Gasteiger partial charge in [-0.15, -0.1) is 0 Å². The van der Waals surface area contributed by atoms with E-state index in [4.69, 9.17) is 16.3 Å². The number of nitrogens with zero attached hydrogens (tertiary/aromatic N) is 2. The van der Waals surface area contributed by atoms with Crippen molar-refractivity contribution >= 4 is 17.4 Å². The quantitative estimate of drug-likeness (QED) is 0.175. The number of hydrogen-bond donors (Lipinski definition) is 0. The van der Waals surface area contributed by atoms with Crippen LogP contribution in [-0.4, -0.2) is 15.8 Å². The first-order valence-corrected chi connectivity index (χ1v) is 12.0. The predicted molar refractivity (Wildman–Crippen MR) is 141 cm³/mol. The Balaban J connectivity index is 1.63. The maximum Gasteiger partial charge on any atom is 0.184 e. The third-order valence-corrected chi connectivity index (χ3v) is 6.21. The van der Waals surface area contributed by atoms with Crippen LogP contribution in [0.1, 0.15) is 32.7 Å². The highest BCUT2D eigenvalue weighted by molar-refractivity contribution is 6.31. The number of carbonyl (C=O) groups is 1. The Morgan fingerprint density at radius 2 is 1.31 bits per heavy atom. The molecule has 0 atom stereocenters. The van der Waals surface area contributed by atoms with Crippen LogP contribution in [0.4, 0.5) is 0 Å². The molecular weight excluding hydrogens is 468 g/mol. The van der Waals surface area contributed by atoms with Gasteiger partial charge in [0.15, 0.2) is 11.4 Å². The van der Waals surface area contributed by atoms with Crippen molar-refractivity contribution in [3.63, 3.8) is 0 Å². The fourth-order valence-corrected chi connectivity index (χ4v) is 4.57. The van der Waals surface area contributed by atoms with Gasteiger partial charge < -0.3 is 4.74 Å². The van der Waals surface area contributed by atoms with E-state index in [9.17, 15) is 4.79 Å². The first-order valence-electron chi connectivity index (χ1n) is 11.6. The van der Waals surface area contributed by atoms with Gasteiger partial charge in [-0.1, -0.05) is 103 Å². The summed E-state index contributed by atoms with van der Waals surface area (Å²) < 4.78 is 6.92. The lowest BCUT2D eigenvalue weighted by Crippen LogP contribution is -2.36. The van der Waals surface area contributed by atoms with Crippen molar-refractivity contribution in [3.8, 4) is 5.75 Å². The molecule has 0 unspecified atom stereocenters. The molecule has 36 heavy (non-hydrogen) atoms. The second-order valence-corrected chi connectivity index (χ2v) is 8.79. The number of carbonyl (C=O) groups excluding carboxylic acids is 1. The zero-order chi connectivity index (χ0) is 24.8. The lowest BCUT2D eigenvalue weighted by atomic mass is 9.80. The molecule has 176 valence electrons. The Labute approximate surface area is 215 Å². The Morgan fingerprint density at radius 3 is 1.81 bits per heavy atom. The summed E-state index contributed by atoms with van der Waals surface area (Å²) in [6, 6.07) is 37.1. The average molecular weight is 491 g/mol. The number of ether oxygens (including phenoxy) is 1. The Hall–Kier alpha value is -4.28. The summed E-state index contributed by atoms with van der Waals surface area (Å²) >= 11 is 6.51. The normalized spacial score (nSPS) is 11.1. The number of rotatable bonds is 8. The molecule has 0 aliphatic rings. The molecule has 5 aromatic rings. The fraction of sp³-hybridized carbons (Fsp3) is 0.0645. The van der Waals surface area contributed by atoms with Gasteiger partial charge in [0, 0.05) is 33.5 Å². The van der Waals surface area contributed by atoms with E-state index in [1.807, 2.05) is 91.0 Å². The molecular formula is C31H23ClN2O2. The zero-order valence-corrected chi connectivity index (χ0v) is 20.2. The summed E-state index contributed by atoms with van der Waals surface area (Å²) in [6.07, 6.45) is 3.20. The molecule has 0 amide bonds. The molecule has 5 heteroatoms. The molecule has 1 heterocycles. The van der Waals surface area contributed by atoms with E-state index in [1.165, 1.54) is 6.33 Å². The Kier molecular flexibility index (Phi) is 6.87. The maximum atomic E-state index is 13.1. The van der Waals surface area contributed by atoms with Gasteiger partial charge in [-0.25, -0.2) is 9.97 Å². The zero-order valence-electron chi connectivity index (χ0n) is 19.4. The minimum Gasteiger partial charge on any atom is -0.473 e. The maximum absolute atomic E-state index is 13.1. The van der Waals surface area contributed by atoms with Crippen LogP contribution in [0.2, 0.25) is 5.02 Å². The monoisotopic (exact) mass is 490 g/mol. The number of hydrogen-bond acceptors (Lipinski definition) is 4. The van der Waals surface area contributed by atoms with E-state index in [2.05, 4.69) is 9.97 Å². The third kappa shape index (κ3) is 4.90. The third-order valence-electron chi connectivity index (χ3n) is 5.99. The van der Waals surface area contributed by atoms with Crippen LogP contribution < -0.4 is 4.74 Å². The first kappa shape index (κ1) is 23.5. The van der Waals surface area contributed by atoms with Crippen LogP contribution in [0.5, 0.6) is 5.75 Å². The van der Waals surface area contributed by atoms with Crippen LogP contribution in [0, 0.1) is 0 Å². The van der Waals surface area contributed by atoms with E-state index in [1.54, 1.807) is 30.5 Å². The summed E-state index contributed by atoms with van der Waals surface area (Å²) in [5, 5.41) is 0.418. The molecule has 0 saturated heterocycles. The molecule has 0 N–H and O–H groups in total. The molecule has 4 aromatic carbocycles. The van der Waals surface area contributed by atoms with Crippen LogP contribution in [0.3, 0.4) is 0 Å². The van der Waals surface area contributed by atoms with E-state index in [-0.39, 0.29) is 12.2 Å². The van der Waals surface area contributed by atoms with Crippen LogP contribution in [0.15, 0.2) is 128 Å². The summed E-state index contributed by atoms with van der Waals surface area (Å²) in [6.45, 7) is 0. The second-order valence-electron chi connectivity index (χ2n) is 8.36. The van der Waals surface area contributed by atoms with Gasteiger partial charge in [0.1, 0.15) is 12.1 Å². The van der Waals surface area contributed by atoms with Gasteiger partial charge in [-0.2, -0.15) is 0 Å². The second kappa shape index (κ2) is 10.5. The van der Waals surface area contributed by atoms with Crippen LogP contribution >= 0.6 is 11.6 Å². The molecule has 0 fully saturated rings.